The number of benzene rings is 1. The van der Waals surface area contributed by atoms with Crippen molar-refractivity contribution in [3.8, 4) is 22.8 Å². The van der Waals surface area contributed by atoms with E-state index in [0.717, 1.165) is 49.3 Å². The van der Waals surface area contributed by atoms with Crippen LogP contribution in [0.25, 0.3) is 11.1 Å². The summed E-state index contributed by atoms with van der Waals surface area (Å²) in [6.07, 6.45) is 14.6. The normalized spacial score (nSPS) is 23.7. The van der Waals surface area contributed by atoms with Crippen molar-refractivity contribution in [1.29, 1.82) is 0 Å². The Balaban J connectivity index is 1.03. The van der Waals surface area contributed by atoms with E-state index in [9.17, 15) is 0 Å². The lowest BCUT2D eigenvalue weighted by molar-refractivity contribution is -0.0458. The Morgan fingerprint density at radius 1 is 0.939 bits per heavy atom. The van der Waals surface area contributed by atoms with Crippen LogP contribution in [0, 0.1) is 0 Å². The van der Waals surface area contributed by atoms with Crippen molar-refractivity contribution < 1.29 is 18.9 Å². The zero-order valence-electron chi connectivity index (χ0n) is 28.3. The molecule has 1 aromatic carbocycles. The van der Waals surface area contributed by atoms with Crippen LogP contribution in [-0.4, -0.2) is 102 Å². The van der Waals surface area contributed by atoms with Crippen molar-refractivity contribution in [1.82, 2.24) is 44.9 Å². The number of ether oxygens (including phenoxy) is 4. The third kappa shape index (κ3) is 7.98. The van der Waals surface area contributed by atoms with Crippen LogP contribution in [0.4, 0.5) is 11.6 Å². The van der Waals surface area contributed by atoms with E-state index >= 15 is 0 Å². The van der Waals surface area contributed by atoms with Gasteiger partial charge in [-0.25, -0.2) is 14.6 Å². The van der Waals surface area contributed by atoms with Gasteiger partial charge >= 0.3 is 0 Å². The molecule has 0 unspecified atom stereocenters. The number of anilines is 2. The van der Waals surface area contributed by atoms with Gasteiger partial charge in [-0.1, -0.05) is 17.7 Å². The van der Waals surface area contributed by atoms with Gasteiger partial charge < -0.3 is 24.3 Å². The highest BCUT2D eigenvalue weighted by molar-refractivity contribution is 6.32. The highest BCUT2D eigenvalue weighted by Crippen LogP contribution is 2.40. The van der Waals surface area contributed by atoms with Gasteiger partial charge in [-0.05, 0) is 80.5 Å². The number of rotatable bonds is 14. The molecule has 1 saturated carbocycles. The zero-order chi connectivity index (χ0) is 33.7. The number of halogens is 1. The molecule has 3 aromatic heterocycles. The minimum atomic E-state index is -0.205. The highest BCUT2D eigenvalue weighted by Gasteiger charge is 2.42. The fourth-order valence-electron chi connectivity index (χ4n) is 7.36. The van der Waals surface area contributed by atoms with Gasteiger partial charge in [0.25, 0.3) is 5.88 Å². The summed E-state index contributed by atoms with van der Waals surface area (Å²) in [6.45, 7) is 6.83. The Morgan fingerprint density at radius 3 is 2.39 bits per heavy atom. The summed E-state index contributed by atoms with van der Waals surface area (Å²) in [7, 11) is 1.70. The predicted molar refractivity (Wildman–Crippen MR) is 183 cm³/mol. The van der Waals surface area contributed by atoms with Crippen LogP contribution >= 0.6 is 11.6 Å². The largest absolute Gasteiger partial charge is 0.487 e. The number of methoxy groups -OCH3 is 1. The van der Waals surface area contributed by atoms with Crippen LogP contribution in [0.5, 0.6) is 11.6 Å². The molecule has 1 aliphatic carbocycles. The van der Waals surface area contributed by atoms with Crippen molar-refractivity contribution in [2.24, 2.45) is 0 Å². The molecule has 3 aliphatic rings. The molecule has 14 nitrogen and oxygen atoms in total. The SMILES string of the molecule is COCC[C@H](C)Oc1nn([C@H]2CC[C@H](N3[C@@H]4CC[C@H]3COC4)CC2)cc1Nc1ncc(-c2ccc(Cl)c(O[C@@H](C)Cn3cnnn3)c2)cn1. The number of hydrogen-bond acceptors (Lipinski definition) is 12. The van der Waals surface area contributed by atoms with Gasteiger partial charge in [0.1, 0.15) is 23.9 Å². The van der Waals surface area contributed by atoms with Gasteiger partial charge in [-0.3, -0.25) is 9.58 Å². The Labute approximate surface area is 291 Å². The van der Waals surface area contributed by atoms with Crippen LogP contribution in [0.15, 0.2) is 43.1 Å². The van der Waals surface area contributed by atoms with Gasteiger partial charge in [0.2, 0.25) is 5.95 Å². The number of hydrogen-bond donors (Lipinski definition) is 1. The molecule has 262 valence electrons. The molecule has 49 heavy (non-hydrogen) atoms. The van der Waals surface area contributed by atoms with Crippen LogP contribution in [0.1, 0.15) is 64.8 Å². The minimum absolute atomic E-state index is 0.0726. The summed E-state index contributed by atoms with van der Waals surface area (Å²) in [5, 5.41) is 20.1. The van der Waals surface area contributed by atoms with Gasteiger partial charge in [0.15, 0.2) is 0 Å². The second kappa shape index (κ2) is 15.4. The third-order valence-corrected chi connectivity index (χ3v) is 10.1. The van der Waals surface area contributed by atoms with Gasteiger partial charge in [-0.15, -0.1) is 10.2 Å². The van der Waals surface area contributed by atoms with E-state index in [0.29, 0.717) is 59.9 Å². The molecule has 5 heterocycles. The summed E-state index contributed by atoms with van der Waals surface area (Å²) in [5.74, 6) is 1.55. The second-order valence-electron chi connectivity index (χ2n) is 13.4. The summed E-state index contributed by atoms with van der Waals surface area (Å²) >= 11 is 6.47. The lowest BCUT2D eigenvalue weighted by Gasteiger charge is -2.43. The Kier molecular flexibility index (Phi) is 10.5. The topological polar surface area (TPSA) is 139 Å². The number of aromatic nitrogens is 8. The summed E-state index contributed by atoms with van der Waals surface area (Å²) in [5.41, 5.74) is 2.44. The fraction of sp³-hybridized carbons (Fsp3) is 0.588. The maximum absolute atomic E-state index is 6.47. The van der Waals surface area contributed by atoms with Gasteiger partial charge in [-0.2, -0.15) is 0 Å². The van der Waals surface area contributed by atoms with Crippen LogP contribution in [0.2, 0.25) is 5.02 Å². The molecule has 0 amide bonds. The van der Waals surface area contributed by atoms with E-state index in [1.807, 2.05) is 38.2 Å². The first-order valence-corrected chi connectivity index (χ1v) is 17.7. The first-order chi connectivity index (χ1) is 23.9. The Morgan fingerprint density at radius 2 is 1.67 bits per heavy atom. The van der Waals surface area contributed by atoms with E-state index in [-0.39, 0.29) is 12.2 Å². The second-order valence-corrected chi connectivity index (χ2v) is 13.8. The van der Waals surface area contributed by atoms with Crippen molar-refractivity contribution >= 4 is 23.2 Å². The fourth-order valence-corrected chi connectivity index (χ4v) is 7.52. The molecule has 15 heteroatoms. The number of nitrogens with one attached hydrogen (secondary N) is 1. The number of fused-ring (bicyclic) bond motifs is 2. The average molecular weight is 693 g/mol. The lowest BCUT2D eigenvalue weighted by atomic mass is 9.89. The van der Waals surface area contributed by atoms with E-state index in [1.54, 1.807) is 30.5 Å². The van der Waals surface area contributed by atoms with E-state index in [1.165, 1.54) is 25.7 Å². The number of nitrogens with zero attached hydrogens (tertiary/aromatic N) is 9. The van der Waals surface area contributed by atoms with Gasteiger partial charge in [0, 0.05) is 56.2 Å². The molecule has 7 rings (SSSR count). The predicted octanol–water partition coefficient (Wildman–Crippen LogP) is 5.34. The van der Waals surface area contributed by atoms with Gasteiger partial charge in [0.05, 0.1) is 43.1 Å². The van der Waals surface area contributed by atoms with E-state index in [4.69, 9.17) is 35.6 Å². The maximum Gasteiger partial charge on any atom is 0.257 e. The highest BCUT2D eigenvalue weighted by atomic mass is 35.5. The molecule has 1 N–H and O–H groups in total. The summed E-state index contributed by atoms with van der Waals surface area (Å²) in [6, 6.07) is 7.74. The molecule has 4 aromatic rings. The first kappa shape index (κ1) is 33.6. The molecule has 2 saturated heterocycles. The molecule has 0 spiro atoms. The average Bonchev–Trinajstić information content (AvgIpc) is 3.83. The Bertz CT molecular complexity index is 1630. The molecular formula is C34H45ClN10O4. The maximum atomic E-state index is 6.47. The molecular weight excluding hydrogens is 648 g/mol. The first-order valence-electron chi connectivity index (χ1n) is 17.3. The molecule has 0 radical (unpaired) electrons. The quantitative estimate of drug-likeness (QED) is 0.182. The van der Waals surface area contributed by atoms with Crippen molar-refractivity contribution in [2.45, 2.75) is 102 Å². The smallest absolute Gasteiger partial charge is 0.257 e. The summed E-state index contributed by atoms with van der Waals surface area (Å²) < 4.78 is 27.3. The molecule has 2 bridgehead atoms. The zero-order valence-corrected chi connectivity index (χ0v) is 29.1. The standard InChI is InChI=1S/C34H45ClN10O4/c1-22(12-13-46-3)49-33-31(18-44(40-33)26-5-7-27(8-6-26)45-28-9-10-29(45)20-47-19-28)39-34-36-15-25(16-37-34)24-4-11-30(35)32(14-24)48-23(2)17-43-21-38-41-42-43/h4,11,14-16,18,21-23,26-29H,5-10,12-13,17,19-20H2,1-3H3,(H,36,37,39)/t22-,23-,26-,27-,28-,29+/m0/s1. The number of tetrazole rings is 1. The monoisotopic (exact) mass is 692 g/mol. The van der Waals surface area contributed by atoms with Crippen molar-refractivity contribution in [3.63, 3.8) is 0 Å². The van der Waals surface area contributed by atoms with Crippen molar-refractivity contribution in [3.05, 3.63) is 48.1 Å². The van der Waals surface area contributed by atoms with E-state index in [2.05, 4.69) is 40.4 Å². The third-order valence-electron chi connectivity index (χ3n) is 9.82. The Hall–Kier alpha value is -3.85. The van der Waals surface area contributed by atoms with Crippen LogP contribution in [-0.2, 0) is 16.0 Å². The van der Waals surface area contributed by atoms with Crippen LogP contribution < -0.4 is 14.8 Å². The summed E-state index contributed by atoms with van der Waals surface area (Å²) in [4.78, 5) is 12.1. The minimum Gasteiger partial charge on any atom is -0.487 e. The molecule has 3 fully saturated rings. The molecule has 4 atom stereocenters. The van der Waals surface area contributed by atoms with Crippen molar-refractivity contribution in [2.75, 3.05) is 32.2 Å². The van der Waals surface area contributed by atoms with E-state index < -0.39 is 0 Å². The number of morpholine rings is 1. The molecule has 2 aliphatic heterocycles. The van der Waals surface area contributed by atoms with Crippen LogP contribution in [0.3, 0.4) is 0 Å². The lowest BCUT2D eigenvalue weighted by Crippen LogP contribution is -2.52.